The molecule has 0 spiro atoms. The molecule has 3 aliphatic heterocycles. The molecule has 6 rings (SSSR count). The summed E-state index contributed by atoms with van der Waals surface area (Å²) >= 11 is 0. The van der Waals surface area contributed by atoms with Gasteiger partial charge in [0.2, 0.25) is 11.8 Å². The first-order chi connectivity index (χ1) is 25.7. The molecule has 1 aliphatic carbocycles. The van der Waals surface area contributed by atoms with Crippen LogP contribution in [0.2, 0.25) is 0 Å². The van der Waals surface area contributed by atoms with Gasteiger partial charge < -0.3 is 44.9 Å². The average molecular weight is 752 g/mol. The maximum Gasteiger partial charge on any atom is 0.327 e. The fourth-order valence-corrected chi connectivity index (χ4v) is 7.70. The van der Waals surface area contributed by atoms with Crippen LogP contribution in [0, 0.1) is 5.41 Å². The number of esters is 2. The van der Waals surface area contributed by atoms with Crippen LogP contribution in [0.3, 0.4) is 0 Å². The number of amides is 2. The number of hydroxylamine groups is 2. The maximum atomic E-state index is 14.7. The number of nitrogens with one attached hydrogen (secondary N) is 2. The Morgan fingerprint density at radius 1 is 1.06 bits per heavy atom. The average Bonchev–Trinajstić information content (AvgIpc) is 3.74. The lowest BCUT2D eigenvalue weighted by atomic mass is 9.62. The Morgan fingerprint density at radius 3 is 2.46 bits per heavy atom. The number of para-hydroxylation sites is 1. The van der Waals surface area contributed by atoms with Crippen molar-refractivity contribution in [3.63, 3.8) is 0 Å². The monoisotopic (exact) mass is 751 g/mol. The Bertz CT molecular complexity index is 1740. The summed E-state index contributed by atoms with van der Waals surface area (Å²) in [5, 5.41) is 37.7. The van der Waals surface area contributed by atoms with E-state index in [1.807, 2.05) is 48.6 Å². The smallest absolute Gasteiger partial charge is 0.327 e. The summed E-state index contributed by atoms with van der Waals surface area (Å²) in [5.74, 6) is -2.53. The lowest BCUT2D eigenvalue weighted by molar-refractivity contribution is -0.201. The van der Waals surface area contributed by atoms with Gasteiger partial charge in [0.15, 0.2) is 6.04 Å². The molecular weight excluding hydrogens is 702 g/mol. The number of aromatic hydroxyl groups is 1. The molecule has 9 atom stereocenters. The highest BCUT2D eigenvalue weighted by molar-refractivity contribution is 5.96. The fourth-order valence-electron chi connectivity index (χ4n) is 7.70. The Labute approximate surface area is 313 Å². The first-order valence-electron chi connectivity index (χ1n) is 18.2. The third-order valence-corrected chi connectivity index (χ3v) is 10.2. The van der Waals surface area contributed by atoms with E-state index in [9.17, 15) is 34.5 Å². The highest BCUT2D eigenvalue weighted by atomic mass is 16.8. The first kappa shape index (κ1) is 39.3. The molecule has 15 heteroatoms. The SMILES string of the molecule is CC(O)C(NC(=O)C12CC3OC(=O)C1N(Cc1ccccc1C=CCc1ccccc1O)OC2C1OCOC31)C(=O)NC(CO)CCC(=O)OC(C)(C)C. The second-order valence-electron chi connectivity index (χ2n) is 15.2. The molecule has 9 unspecified atom stereocenters. The lowest BCUT2D eigenvalue weighted by Crippen LogP contribution is -2.71. The third-order valence-electron chi connectivity index (χ3n) is 10.2. The Morgan fingerprint density at radius 2 is 1.76 bits per heavy atom. The van der Waals surface area contributed by atoms with Crippen molar-refractivity contribution < 1.29 is 58.3 Å². The molecule has 15 nitrogen and oxygen atoms in total. The van der Waals surface area contributed by atoms with E-state index >= 15 is 0 Å². The van der Waals surface area contributed by atoms with E-state index < -0.39 is 90.0 Å². The van der Waals surface area contributed by atoms with E-state index in [-0.39, 0.29) is 38.3 Å². The van der Waals surface area contributed by atoms with Gasteiger partial charge in [-0.15, -0.1) is 0 Å². The first-order valence-corrected chi connectivity index (χ1v) is 18.2. The number of carbonyl (C=O) groups is 4. The van der Waals surface area contributed by atoms with Gasteiger partial charge in [-0.25, -0.2) is 0 Å². The van der Waals surface area contributed by atoms with Crippen molar-refractivity contribution in [2.75, 3.05) is 13.4 Å². The van der Waals surface area contributed by atoms with E-state index in [4.69, 9.17) is 23.8 Å². The number of benzene rings is 2. The standard InChI is InChI=1S/C39H49N3O12/c1-22(44)30(35(47)40-26(20-43)16-17-29(46)53-38(2,3)4)41-37(49)39-18-28-31-32(51-21-50-31)34(39)54-42(33(39)36(48)52-28)19-25-12-6-5-10-23(25)13-9-14-24-11-7-8-15-27(24)45/h5-13,15,22,26,28,30-34,43-45H,14,16-21H2,1-4H3,(H,40,47)(H,41,49). The fraction of sp³-hybridized carbons (Fsp3) is 0.538. The summed E-state index contributed by atoms with van der Waals surface area (Å²) < 4.78 is 22.9. The molecule has 2 aromatic rings. The van der Waals surface area contributed by atoms with E-state index in [1.165, 1.54) is 12.0 Å². The summed E-state index contributed by atoms with van der Waals surface area (Å²) in [5.41, 5.74) is 0.0448. The molecule has 5 N–H and O–H groups in total. The molecule has 0 aromatic heterocycles. The number of allylic oxidation sites excluding steroid dienone is 1. The van der Waals surface area contributed by atoms with Crippen LogP contribution in [0.15, 0.2) is 54.6 Å². The molecular formula is C39H49N3O12. The topological polar surface area (TPSA) is 202 Å². The van der Waals surface area contributed by atoms with E-state index in [0.717, 1.165) is 16.7 Å². The van der Waals surface area contributed by atoms with E-state index in [0.29, 0.717) is 6.42 Å². The molecule has 1 saturated carbocycles. The van der Waals surface area contributed by atoms with Crippen molar-refractivity contribution >= 4 is 29.8 Å². The molecule has 3 heterocycles. The second-order valence-corrected chi connectivity index (χ2v) is 15.2. The molecule has 2 aromatic carbocycles. The van der Waals surface area contributed by atoms with Crippen LogP contribution in [-0.2, 0) is 55.9 Å². The molecule has 54 heavy (non-hydrogen) atoms. The van der Waals surface area contributed by atoms with Crippen molar-refractivity contribution in [3.8, 4) is 5.75 Å². The van der Waals surface area contributed by atoms with Gasteiger partial charge in [-0.3, -0.25) is 24.0 Å². The molecule has 2 amide bonds. The Hall–Kier alpha value is -4.38. The minimum Gasteiger partial charge on any atom is -0.508 e. The summed E-state index contributed by atoms with van der Waals surface area (Å²) in [4.78, 5) is 60.9. The van der Waals surface area contributed by atoms with Crippen molar-refractivity contribution in [2.45, 2.75) is 114 Å². The number of hydrogen-bond donors (Lipinski definition) is 5. The summed E-state index contributed by atoms with van der Waals surface area (Å²) in [6.45, 7) is 5.99. The molecule has 0 radical (unpaired) electrons. The largest absolute Gasteiger partial charge is 0.508 e. The quantitative estimate of drug-likeness (QED) is 0.175. The van der Waals surface area contributed by atoms with Crippen LogP contribution in [0.25, 0.3) is 6.08 Å². The Kier molecular flexibility index (Phi) is 11.8. The van der Waals surface area contributed by atoms with E-state index in [2.05, 4.69) is 10.6 Å². The van der Waals surface area contributed by atoms with Gasteiger partial charge in [0.25, 0.3) is 0 Å². The summed E-state index contributed by atoms with van der Waals surface area (Å²) in [7, 11) is 0. The number of aliphatic hydroxyl groups excluding tert-OH is 2. The van der Waals surface area contributed by atoms with Crippen molar-refractivity contribution in [3.05, 3.63) is 71.3 Å². The summed E-state index contributed by atoms with van der Waals surface area (Å²) in [6.07, 6.45) is -0.433. The number of ether oxygens (including phenoxy) is 4. The van der Waals surface area contributed by atoms with Gasteiger partial charge in [-0.1, -0.05) is 54.6 Å². The van der Waals surface area contributed by atoms with Crippen LogP contribution in [0.1, 0.15) is 63.6 Å². The number of carbonyl (C=O) groups excluding carboxylic acids is 4. The predicted molar refractivity (Wildman–Crippen MR) is 191 cm³/mol. The van der Waals surface area contributed by atoms with Crippen LogP contribution in [-0.4, -0.2) is 112 Å². The molecule has 2 bridgehead atoms. The maximum absolute atomic E-state index is 14.7. The number of fused-ring (bicyclic) bond motifs is 4. The van der Waals surface area contributed by atoms with Crippen molar-refractivity contribution in [1.82, 2.24) is 15.7 Å². The number of phenolic OH excluding ortho intramolecular Hbond substituents is 1. The van der Waals surface area contributed by atoms with Crippen LogP contribution in [0.5, 0.6) is 5.75 Å². The normalized spacial score (nSPS) is 27.8. The van der Waals surface area contributed by atoms with Crippen LogP contribution in [0.4, 0.5) is 0 Å². The number of aliphatic hydroxyl groups is 2. The lowest BCUT2D eigenvalue weighted by Gasteiger charge is -2.49. The zero-order valence-electron chi connectivity index (χ0n) is 30.8. The molecule has 3 saturated heterocycles. The number of phenols is 1. The van der Waals surface area contributed by atoms with Gasteiger partial charge in [0, 0.05) is 12.8 Å². The van der Waals surface area contributed by atoms with Gasteiger partial charge >= 0.3 is 11.9 Å². The summed E-state index contributed by atoms with van der Waals surface area (Å²) in [6, 6.07) is 10.9. The second kappa shape index (κ2) is 16.2. The minimum atomic E-state index is -1.61. The molecule has 4 aliphatic rings. The highest BCUT2D eigenvalue weighted by Crippen LogP contribution is 2.55. The number of nitrogens with zero attached hydrogens (tertiary/aromatic N) is 1. The third kappa shape index (κ3) is 8.16. The zero-order valence-corrected chi connectivity index (χ0v) is 30.8. The van der Waals surface area contributed by atoms with Gasteiger partial charge in [0.05, 0.1) is 25.3 Å². The molecule has 292 valence electrons. The predicted octanol–water partition coefficient (Wildman–Crippen LogP) is 1.65. The number of rotatable bonds is 14. The minimum absolute atomic E-state index is 0.00630. The van der Waals surface area contributed by atoms with Gasteiger partial charge in [-0.2, -0.15) is 5.06 Å². The highest BCUT2D eigenvalue weighted by Gasteiger charge is 2.75. The van der Waals surface area contributed by atoms with Gasteiger partial charge in [-0.05, 0) is 63.3 Å². The van der Waals surface area contributed by atoms with Gasteiger partial charge in [0.1, 0.15) is 54.0 Å². The van der Waals surface area contributed by atoms with Crippen molar-refractivity contribution in [2.24, 2.45) is 5.41 Å². The van der Waals surface area contributed by atoms with Crippen molar-refractivity contribution in [1.29, 1.82) is 0 Å². The zero-order chi connectivity index (χ0) is 38.8. The van der Waals surface area contributed by atoms with Crippen LogP contribution >= 0.6 is 0 Å². The number of hydrogen-bond acceptors (Lipinski definition) is 13. The Balaban J connectivity index is 1.23. The molecule has 4 fully saturated rings. The van der Waals surface area contributed by atoms with E-state index in [1.54, 1.807) is 32.9 Å². The van der Waals surface area contributed by atoms with Crippen LogP contribution < -0.4 is 10.6 Å².